The van der Waals surface area contributed by atoms with Crippen LogP contribution in [0.15, 0.2) is 39.4 Å². The average Bonchev–Trinajstić information content (AvgIpc) is 3.23. The topological polar surface area (TPSA) is 110 Å². The first kappa shape index (κ1) is 21.6. The van der Waals surface area contributed by atoms with Crippen LogP contribution in [0.2, 0.25) is 0 Å². The van der Waals surface area contributed by atoms with Gasteiger partial charge in [0.1, 0.15) is 5.60 Å². The fraction of sp³-hybridized carbons (Fsp3) is 0.350. The van der Waals surface area contributed by atoms with Gasteiger partial charge in [0.05, 0.1) is 18.2 Å². The predicted molar refractivity (Wildman–Crippen MR) is 113 cm³/mol. The standard InChI is InChI=1S/C20H22N4O5S/c1-20(2,3)29-19(27)24-10-13-6-5-12(7-14(13)11-24)9-21-23-18-22-17(26)15(30-18)8-16(25)28-4/h5-9H,10-11H2,1-4H3,(H,22,23,26)/b15-8+,21-9?. The van der Waals surface area contributed by atoms with Gasteiger partial charge in [0.15, 0.2) is 5.17 Å². The maximum atomic E-state index is 12.3. The van der Waals surface area contributed by atoms with Gasteiger partial charge >= 0.3 is 12.1 Å². The van der Waals surface area contributed by atoms with E-state index in [1.54, 1.807) is 11.1 Å². The van der Waals surface area contributed by atoms with Gasteiger partial charge in [-0.3, -0.25) is 15.0 Å². The highest BCUT2D eigenvalue weighted by Gasteiger charge is 2.28. The molecular formula is C20H22N4O5S. The van der Waals surface area contributed by atoms with Crippen LogP contribution < -0.4 is 5.32 Å². The summed E-state index contributed by atoms with van der Waals surface area (Å²) in [5, 5.41) is 10.8. The van der Waals surface area contributed by atoms with Gasteiger partial charge in [-0.1, -0.05) is 12.1 Å². The summed E-state index contributed by atoms with van der Waals surface area (Å²) in [6.45, 7) is 6.48. The second-order valence-corrected chi connectivity index (χ2v) is 8.63. The van der Waals surface area contributed by atoms with Gasteiger partial charge in [0.2, 0.25) is 0 Å². The van der Waals surface area contributed by atoms with Gasteiger partial charge in [-0.2, -0.15) is 5.10 Å². The Kier molecular flexibility index (Phi) is 6.25. The molecule has 1 aromatic rings. The Balaban J connectivity index is 1.63. The minimum atomic E-state index is -0.615. The van der Waals surface area contributed by atoms with Crippen molar-refractivity contribution in [3.63, 3.8) is 0 Å². The van der Waals surface area contributed by atoms with Crippen LogP contribution in [0.5, 0.6) is 0 Å². The van der Waals surface area contributed by atoms with Crippen LogP contribution in [-0.4, -0.2) is 47.0 Å². The molecule has 2 heterocycles. The van der Waals surface area contributed by atoms with E-state index < -0.39 is 17.5 Å². The van der Waals surface area contributed by atoms with Crippen LogP contribution >= 0.6 is 11.8 Å². The van der Waals surface area contributed by atoms with E-state index in [0.717, 1.165) is 34.5 Å². The third-order valence-corrected chi connectivity index (χ3v) is 4.96. The fourth-order valence-electron chi connectivity index (χ4n) is 2.74. The van der Waals surface area contributed by atoms with Crippen molar-refractivity contribution >= 4 is 41.1 Å². The number of fused-ring (bicyclic) bond motifs is 1. The molecule has 0 unspecified atom stereocenters. The lowest BCUT2D eigenvalue weighted by molar-refractivity contribution is -0.135. The summed E-state index contributed by atoms with van der Waals surface area (Å²) in [6.07, 6.45) is 2.31. The number of ether oxygens (including phenoxy) is 2. The van der Waals surface area contributed by atoms with Crippen molar-refractivity contribution in [1.82, 2.24) is 10.2 Å². The SMILES string of the molecule is COC(=O)/C=C1/S/C(=N\N=Cc2ccc3c(c2)CN(C(=O)OC(C)(C)C)C3)NC1=O. The normalized spacial score (nSPS) is 18.8. The quantitative estimate of drug-likeness (QED) is 0.342. The monoisotopic (exact) mass is 430 g/mol. The summed E-state index contributed by atoms with van der Waals surface area (Å²) in [7, 11) is 1.24. The highest BCUT2D eigenvalue weighted by Crippen LogP contribution is 2.26. The van der Waals surface area contributed by atoms with Gasteiger partial charge in [-0.25, -0.2) is 9.59 Å². The van der Waals surface area contributed by atoms with Crippen molar-refractivity contribution in [2.75, 3.05) is 7.11 Å². The van der Waals surface area contributed by atoms with Crippen molar-refractivity contribution in [2.45, 2.75) is 39.5 Å². The van der Waals surface area contributed by atoms with Gasteiger partial charge in [-0.15, -0.1) is 5.10 Å². The molecule has 1 aromatic carbocycles. The maximum Gasteiger partial charge on any atom is 0.410 e. The lowest BCUT2D eigenvalue weighted by Gasteiger charge is -2.24. The first-order valence-corrected chi connectivity index (χ1v) is 9.96. The zero-order valence-corrected chi connectivity index (χ0v) is 17.9. The molecule has 9 nitrogen and oxygen atoms in total. The highest BCUT2D eigenvalue weighted by molar-refractivity contribution is 8.18. The number of nitrogens with zero attached hydrogens (tertiary/aromatic N) is 3. The molecule has 1 saturated heterocycles. The molecular weight excluding hydrogens is 408 g/mol. The molecule has 2 aliphatic heterocycles. The van der Waals surface area contributed by atoms with E-state index in [9.17, 15) is 14.4 Å². The number of thioether (sulfide) groups is 1. The number of amidine groups is 1. The van der Waals surface area contributed by atoms with Gasteiger partial charge < -0.3 is 9.47 Å². The molecule has 3 rings (SSSR count). The molecule has 2 aliphatic rings. The molecule has 0 aliphatic carbocycles. The van der Waals surface area contributed by atoms with Crippen LogP contribution in [0.3, 0.4) is 0 Å². The predicted octanol–water partition coefficient (Wildman–Crippen LogP) is 2.55. The third kappa shape index (κ3) is 5.47. The Morgan fingerprint density at radius 3 is 2.67 bits per heavy atom. The summed E-state index contributed by atoms with van der Waals surface area (Å²) in [5.41, 5.74) is 2.34. The molecule has 0 atom stereocenters. The number of rotatable bonds is 3. The van der Waals surface area contributed by atoms with E-state index in [2.05, 4.69) is 20.3 Å². The molecule has 2 amide bonds. The second kappa shape index (κ2) is 8.70. The number of esters is 1. The second-order valence-electron chi connectivity index (χ2n) is 7.60. The van der Waals surface area contributed by atoms with E-state index in [4.69, 9.17) is 4.74 Å². The number of amides is 2. The molecule has 0 aromatic heterocycles. The number of hydrogen-bond donors (Lipinski definition) is 1. The molecule has 0 radical (unpaired) electrons. The maximum absolute atomic E-state index is 12.3. The molecule has 0 bridgehead atoms. The number of benzene rings is 1. The summed E-state index contributed by atoms with van der Waals surface area (Å²) >= 11 is 1.00. The van der Waals surface area contributed by atoms with Gasteiger partial charge in [0.25, 0.3) is 5.91 Å². The van der Waals surface area contributed by atoms with E-state index in [1.165, 1.54) is 7.11 Å². The summed E-state index contributed by atoms with van der Waals surface area (Å²) in [5.74, 6) is -1.05. The lowest BCUT2D eigenvalue weighted by atomic mass is 10.1. The molecule has 0 saturated carbocycles. The molecule has 10 heteroatoms. The van der Waals surface area contributed by atoms with E-state index in [-0.39, 0.29) is 16.2 Å². The molecule has 0 spiro atoms. The lowest BCUT2D eigenvalue weighted by Crippen LogP contribution is -2.33. The summed E-state index contributed by atoms with van der Waals surface area (Å²) < 4.78 is 9.93. The Labute approximate surface area is 178 Å². The van der Waals surface area contributed by atoms with Crippen molar-refractivity contribution in [1.29, 1.82) is 0 Å². The van der Waals surface area contributed by atoms with Crippen LogP contribution in [0, 0.1) is 0 Å². The van der Waals surface area contributed by atoms with Crippen LogP contribution in [-0.2, 0) is 32.2 Å². The van der Waals surface area contributed by atoms with E-state index >= 15 is 0 Å². The first-order chi connectivity index (χ1) is 14.1. The summed E-state index contributed by atoms with van der Waals surface area (Å²) in [4.78, 5) is 37.1. The van der Waals surface area contributed by atoms with Crippen molar-refractivity contribution < 1.29 is 23.9 Å². The highest BCUT2D eigenvalue weighted by atomic mass is 32.2. The third-order valence-electron chi connectivity index (χ3n) is 4.06. The molecule has 1 fully saturated rings. The molecule has 1 N–H and O–H groups in total. The number of methoxy groups -OCH3 is 1. The number of carbonyl (C=O) groups is 3. The minimum absolute atomic E-state index is 0.190. The minimum Gasteiger partial charge on any atom is -0.466 e. The summed E-state index contributed by atoms with van der Waals surface area (Å²) in [6, 6.07) is 5.76. The van der Waals surface area contributed by atoms with Crippen molar-refractivity contribution in [3.8, 4) is 0 Å². The zero-order valence-electron chi connectivity index (χ0n) is 17.1. The van der Waals surface area contributed by atoms with Crippen molar-refractivity contribution in [3.05, 3.63) is 45.9 Å². The number of hydrogen-bond acceptors (Lipinski definition) is 8. The van der Waals surface area contributed by atoms with Crippen molar-refractivity contribution in [2.24, 2.45) is 10.2 Å². The van der Waals surface area contributed by atoms with Crippen LogP contribution in [0.4, 0.5) is 4.79 Å². The number of carbonyl (C=O) groups excluding carboxylic acids is 3. The van der Waals surface area contributed by atoms with E-state index in [0.29, 0.717) is 13.1 Å². The van der Waals surface area contributed by atoms with Crippen LogP contribution in [0.1, 0.15) is 37.5 Å². The Morgan fingerprint density at radius 2 is 1.97 bits per heavy atom. The molecule has 158 valence electrons. The van der Waals surface area contributed by atoms with Gasteiger partial charge in [0, 0.05) is 19.2 Å². The van der Waals surface area contributed by atoms with E-state index in [1.807, 2.05) is 39.0 Å². The smallest absolute Gasteiger partial charge is 0.410 e. The van der Waals surface area contributed by atoms with Gasteiger partial charge in [-0.05, 0) is 55.3 Å². The largest absolute Gasteiger partial charge is 0.466 e. The molecule has 30 heavy (non-hydrogen) atoms. The number of nitrogens with one attached hydrogen (secondary N) is 1. The average molecular weight is 430 g/mol. The Morgan fingerprint density at radius 1 is 1.23 bits per heavy atom. The first-order valence-electron chi connectivity index (χ1n) is 9.14. The zero-order chi connectivity index (χ0) is 21.9. The van der Waals surface area contributed by atoms with Crippen LogP contribution in [0.25, 0.3) is 0 Å². The Bertz CT molecular complexity index is 978. The fourth-order valence-corrected chi connectivity index (χ4v) is 3.48. The Hall–Kier alpha value is -3.14.